The van der Waals surface area contributed by atoms with Gasteiger partial charge in [0.15, 0.2) is 0 Å². The molecule has 1 rings (SSSR count). The number of hydrogen-bond acceptors (Lipinski definition) is 4. The van der Waals surface area contributed by atoms with Crippen LogP contribution in [-0.2, 0) is 9.53 Å². The van der Waals surface area contributed by atoms with Crippen molar-refractivity contribution in [3.8, 4) is 0 Å². The first-order valence-electron chi connectivity index (χ1n) is 7.95. The molecule has 6 heteroatoms. The summed E-state index contributed by atoms with van der Waals surface area (Å²) in [6, 6.07) is 0. The largest absolute Gasteiger partial charge is 0.481 e. The molecule has 0 spiro atoms. The lowest BCUT2D eigenvalue weighted by atomic mass is 9.88. The SMILES string of the molecule is CC(C)(C)OC(=O)N1CCN(CCCC(C)(C)C(=O)O)CC1. The highest BCUT2D eigenvalue weighted by atomic mass is 16.6. The molecule has 0 unspecified atom stereocenters. The van der Waals surface area contributed by atoms with Crippen LogP contribution in [0, 0.1) is 5.41 Å². The Morgan fingerprint density at radius 2 is 1.59 bits per heavy atom. The van der Waals surface area contributed by atoms with Crippen LogP contribution in [-0.4, -0.2) is 65.3 Å². The standard InChI is InChI=1S/C16H30N2O4/c1-15(2,3)22-14(21)18-11-9-17(10-12-18)8-6-7-16(4,5)13(19)20/h6-12H2,1-5H3,(H,19,20). The van der Waals surface area contributed by atoms with Crippen molar-refractivity contribution in [2.75, 3.05) is 32.7 Å². The fraction of sp³-hybridized carbons (Fsp3) is 0.875. The van der Waals surface area contributed by atoms with E-state index >= 15 is 0 Å². The molecule has 0 atom stereocenters. The van der Waals surface area contributed by atoms with Crippen molar-refractivity contribution in [1.29, 1.82) is 0 Å². The van der Waals surface area contributed by atoms with E-state index in [-0.39, 0.29) is 6.09 Å². The van der Waals surface area contributed by atoms with Crippen molar-refractivity contribution in [3.05, 3.63) is 0 Å². The van der Waals surface area contributed by atoms with E-state index in [1.54, 1.807) is 18.7 Å². The van der Waals surface area contributed by atoms with E-state index in [2.05, 4.69) is 4.90 Å². The molecule has 0 bridgehead atoms. The van der Waals surface area contributed by atoms with Gasteiger partial charge in [-0.25, -0.2) is 4.79 Å². The molecule has 1 N–H and O–H groups in total. The van der Waals surface area contributed by atoms with E-state index in [0.29, 0.717) is 19.5 Å². The number of carboxylic acid groups (broad SMARTS) is 1. The van der Waals surface area contributed by atoms with Crippen LogP contribution in [0.5, 0.6) is 0 Å². The summed E-state index contributed by atoms with van der Waals surface area (Å²) in [6.45, 7) is 12.9. The molecule has 6 nitrogen and oxygen atoms in total. The molecule has 1 heterocycles. The Hall–Kier alpha value is -1.30. The van der Waals surface area contributed by atoms with Gasteiger partial charge in [-0.2, -0.15) is 0 Å². The minimum atomic E-state index is -0.748. The van der Waals surface area contributed by atoms with Crippen molar-refractivity contribution in [2.24, 2.45) is 5.41 Å². The number of nitrogens with zero attached hydrogens (tertiary/aromatic N) is 2. The van der Waals surface area contributed by atoms with Crippen molar-refractivity contribution in [3.63, 3.8) is 0 Å². The number of aliphatic carboxylic acids is 1. The van der Waals surface area contributed by atoms with E-state index < -0.39 is 17.0 Å². The van der Waals surface area contributed by atoms with E-state index in [9.17, 15) is 9.59 Å². The number of carbonyl (C=O) groups excluding carboxylic acids is 1. The number of hydrogen-bond donors (Lipinski definition) is 1. The summed E-state index contributed by atoms with van der Waals surface area (Å²) in [5.74, 6) is -0.748. The zero-order chi connectivity index (χ0) is 17.0. The highest BCUT2D eigenvalue weighted by Gasteiger charge is 2.28. The minimum Gasteiger partial charge on any atom is -0.481 e. The molecule has 0 aromatic heterocycles. The number of carboxylic acids is 1. The summed E-state index contributed by atoms with van der Waals surface area (Å²) in [5.41, 5.74) is -1.13. The molecule has 0 aliphatic carbocycles. The van der Waals surface area contributed by atoms with E-state index in [4.69, 9.17) is 9.84 Å². The maximum absolute atomic E-state index is 12.0. The molecule has 1 fully saturated rings. The third kappa shape index (κ3) is 6.22. The lowest BCUT2D eigenvalue weighted by Crippen LogP contribution is -2.50. The van der Waals surface area contributed by atoms with Crippen molar-refractivity contribution >= 4 is 12.1 Å². The van der Waals surface area contributed by atoms with E-state index in [1.807, 2.05) is 20.8 Å². The van der Waals surface area contributed by atoms with Gasteiger partial charge in [0.1, 0.15) is 5.60 Å². The van der Waals surface area contributed by atoms with E-state index in [1.165, 1.54) is 0 Å². The smallest absolute Gasteiger partial charge is 0.410 e. The third-order valence-electron chi connectivity index (χ3n) is 3.88. The van der Waals surface area contributed by atoms with Crippen LogP contribution in [0.1, 0.15) is 47.5 Å². The Labute approximate surface area is 133 Å². The van der Waals surface area contributed by atoms with Crippen molar-refractivity contribution in [1.82, 2.24) is 9.80 Å². The van der Waals surface area contributed by atoms with Crippen LogP contribution in [0.3, 0.4) is 0 Å². The van der Waals surface area contributed by atoms with Crippen LogP contribution in [0.25, 0.3) is 0 Å². The molecule has 1 amide bonds. The Balaban J connectivity index is 2.28. The van der Waals surface area contributed by atoms with Gasteiger partial charge in [-0.3, -0.25) is 9.69 Å². The van der Waals surface area contributed by atoms with Gasteiger partial charge in [0.05, 0.1) is 5.41 Å². The first-order valence-corrected chi connectivity index (χ1v) is 7.95. The van der Waals surface area contributed by atoms with Gasteiger partial charge in [0.25, 0.3) is 0 Å². The van der Waals surface area contributed by atoms with Gasteiger partial charge < -0.3 is 14.7 Å². The summed E-state index contributed by atoms with van der Waals surface area (Å²) in [7, 11) is 0. The van der Waals surface area contributed by atoms with Gasteiger partial charge >= 0.3 is 12.1 Å². The number of rotatable bonds is 5. The normalized spacial score (nSPS) is 17.4. The van der Waals surface area contributed by atoms with Gasteiger partial charge in [-0.05, 0) is 54.0 Å². The minimum absolute atomic E-state index is 0.251. The summed E-state index contributed by atoms with van der Waals surface area (Å²) in [4.78, 5) is 27.0. The number of ether oxygens (including phenoxy) is 1. The molecule has 1 aliphatic rings. The predicted molar refractivity (Wildman–Crippen MR) is 84.9 cm³/mol. The predicted octanol–water partition coefficient (Wildman–Crippen LogP) is 2.43. The van der Waals surface area contributed by atoms with E-state index in [0.717, 1.165) is 26.1 Å². The molecule has 0 radical (unpaired) electrons. The fourth-order valence-corrected chi connectivity index (χ4v) is 2.33. The average molecular weight is 314 g/mol. The molecule has 1 aliphatic heterocycles. The zero-order valence-electron chi connectivity index (χ0n) is 14.5. The second-order valence-electron chi connectivity index (χ2n) is 7.60. The maximum atomic E-state index is 12.0. The average Bonchev–Trinajstić information content (AvgIpc) is 2.37. The summed E-state index contributed by atoms with van der Waals surface area (Å²) in [5, 5.41) is 9.10. The fourth-order valence-electron chi connectivity index (χ4n) is 2.33. The summed E-state index contributed by atoms with van der Waals surface area (Å²) < 4.78 is 5.37. The van der Waals surface area contributed by atoms with Gasteiger partial charge in [-0.1, -0.05) is 0 Å². The third-order valence-corrected chi connectivity index (χ3v) is 3.88. The zero-order valence-corrected chi connectivity index (χ0v) is 14.5. The highest BCUT2D eigenvalue weighted by Crippen LogP contribution is 2.22. The molecule has 128 valence electrons. The maximum Gasteiger partial charge on any atom is 0.410 e. The summed E-state index contributed by atoms with van der Waals surface area (Å²) >= 11 is 0. The van der Waals surface area contributed by atoms with Crippen molar-refractivity contribution < 1.29 is 19.4 Å². The second-order valence-corrected chi connectivity index (χ2v) is 7.60. The van der Waals surface area contributed by atoms with Crippen LogP contribution >= 0.6 is 0 Å². The van der Waals surface area contributed by atoms with Gasteiger partial charge in [0.2, 0.25) is 0 Å². The Morgan fingerprint density at radius 3 is 2.05 bits per heavy atom. The Kier molecular flexibility index (Phi) is 6.23. The lowest BCUT2D eigenvalue weighted by Gasteiger charge is -2.35. The van der Waals surface area contributed by atoms with Crippen molar-refractivity contribution in [2.45, 2.75) is 53.1 Å². The van der Waals surface area contributed by atoms with Gasteiger partial charge in [-0.15, -0.1) is 0 Å². The number of amides is 1. The molecular formula is C16H30N2O4. The number of carbonyl (C=O) groups is 2. The highest BCUT2D eigenvalue weighted by molar-refractivity contribution is 5.73. The van der Waals surface area contributed by atoms with Gasteiger partial charge in [0, 0.05) is 26.2 Å². The first kappa shape index (κ1) is 18.7. The Morgan fingerprint density at radius 1 is 1.05 bits per heavy atom. The molecule has 0 saturated carbocycles. The number of piperazine rings is 1. The van der Waals surface area contributed by atoms with Crippen LogP contribution in [0.15, 0.2) is 0 Å². The molecular weight excluding hydrogens is 284 g/mol. The summed E-state index contributed by atoms with van der Waals surface area (Å²) in [6.07, 6.45) is 1.26. The lowest BCUT2D eigenvalue weighted by molar-refractivity contribution is -0.147. The van der Waals surface area contributed by atoms with Crippen LogP contribution in [0.4, 0.5) is 4.79 Å². The molecule has 0 aromatic carbocycles. The Bertz CT molecular complexity index is 393. The molecule has 1 saturated heterocycles. The van der Waals surface area contributed by atoms with Crippen LogP contribution < -0.4 is 0 Å². The molecule has 0 aromatic rings. The van der Waals surface area contributed by atoms with Crippen LogP contribution in [0.2, 0.25) is 0 Å². The molecule has 22 heavy (non-hydrogen) atoms. The monoisotopic (exact) mass is 314 g/mol. The second kappa shape index (κ2) is 7.31. The first-order chi connectivity index (χ1) is 10.0. The quantitative estimate of drug-likeness (QED) is 0.844. The topological polar surface area (TPSA) is 70.1 Å².